The van der Waals surface area contributed by atoms with Crippen LogP contribution in [0.25, 0.3) is 22.0 Å². The molecule has 0 radical (unpaired) electrons. The van der Waals surface area contributed by atoms with E-state index in [1.807, 2.05) is 24.4 Å². The van der Waals surface area contributed by atoms with Crippen molar-refractivity contribution < 1.29 is 4.74 Å². The molecule has 0 unspecified atom stereocenters. The molecule has 0 aliphatic heterocycles. The van der Waals surface area contributed by atoms with Crippen molar-refractivity contribution in [2.45, 2.75) is 6.92 Å². The summed E-state index contributed by atoms with van der Waals surface area (Å²) in [6.45, 7) is 2.08. The van der Waals surface area contributed by atoms with E-state index in [1.165, 1.54) is 10.9 Å². The summed E-state index contributed by atoms with van der Waals surface area (Å²) in [6, 6.07) is 16.4. The first kappa shape index (κ1) is 11.7. The highest BCUT2D eigenvalue weighted by Crippen LogP contribution is 2.35. The molecule has 94 valence electrons. The lowest BCUT2D eigenvalue weighted by Gasteiger charge is -2.11. The minimum absolute atomic E-state index is 0.887. The van der Waals surface area contributed by atoms with Crippen LogP contribution < -0.4 is 4.74 Å². The van der Waals surface area contributed by atoms with Gasteiger partial charge in [0, 0.05) is 17.1 Å². The minimum Gasteiger partial charge on any atom is -0.496 e. The molecule has 19 heavy (non-hydrogen) atoms. The summed E-state index contributed by atoms with van der Waals surface area (Å²) in [4.78, 5) is 4.52. The number of methoxy groups -OCH3 is 1. The van der Waals surface area contributed by atoms with Gasteiger partial charge in [-0.05, 0) is 30.0 Å². The summed E-state index contributed by atoms with van der Waals surface area (Å²) >= 11 is 0. The molecule has 1 aromatic heterocycles. The van der Waals surface area contributed by atoms with Gasteiger partial charge in [0.1, 0.15) is 5.75 Å². The van der Waals surface area contributed by atoms with Crippen molar-refractivity contribution in [3.63, 3.8) is 0 Å². The number of aromatic nitrogens is 1. The van der Waals surface area contributed by atoms with Gasteiger partial charge in [-0.25, -0.2) is 0 Å². The van der Waals surface area contributed by atoms with Gasteiger partial charge in [-0.15, -0.1) is 0 Å². The van der Waals surface area contributed by atoms with Crippen LogP contribution in [0.2, 0.25) is 0 Å². The van der Waals surface area contributed by atoms with E-state index in [-0.39, 0.29) is 0 Å². The van der Waals surface area contributed by atoms with Gasteiger partial charge in [-0.2, -0.15) is 0 Å². The van der Waals surface area contributed by atoms with E-state index in [4.69, 9.17) is 4.74 Å². The van der Waals surface area contributed by atoms with Crippen LogP contribution in [-0.2, 0) is 0 Å². The first-order valence-electron chi connectivity index (χ1n) is 6.29. The Kier molecular flexibility index (Phi) is 2.92. The molecule has 0 aliphatic carbocycles. The minimum atomic E-state index is 0.887. The summed E-state index contributed by atoms with van der Waals surface area (Å²) < 4.78 is 5.50. The SMILES string of the molecule is COc1cccc2cccc(-c3ncccc3C)c12. The van der Waals surface area contributed by atoms with Crippen molar-refractivity contribution in [3.8, 4) is 17.0 Å². The third kappa shape index (κ3) is 1.95. The predicted molar refractivity (Wildman–Crippen MR) is 78.5 cm³/mol. The van der Waals surface area contributed by atoms with E-state index in [0.29, 0.717) is 0 Å². The maximum absolute atomic E-state index is 5.50. The fourth-order valence-electron chi connectivity index (χ4n) is 2.44. The van der Waals surface area contributed by atoms with Crippen molar-refractivity contribution in [1.82, 2.24) is 4.98 Å². The van der Waals surface area contributed by atoms with Crippen LogP contribution in [0.1, 0.15) is 5.56 Å². The zero-order valence-corrected chi connectivity index (χ0v) is 11.1. The van der Waals surface area contributed by atoms with Gasteiger partial charge in [-0.1, -0.05) is 36.4 Å². The smallest absolute Gasteiger partial charge is 0.127 e. The number of pyridine rings is 1. The Labute approximate surface area is 112 Å². The third-order valence-electron chi connectivity index (χ3n) is 3.35. The fourth-order valence-corrected chi connectivity index (χ4v) is 2.44. The lowest BCUT2D eigenvalue weighted by atomic mass is 9.98. The normalized spacial score (nSPS) is 10.6. The topological polar surface area (TPSA) is 22.1 Å². The summed E-state index contributed by atoms with van der Waals surface area (Å²) in [5, 5.41) is 2.29. The summed E-state index contributed by atoms with van der Waals surface area (Å²) in [7, 11) is 1.71. The standard InChI is InChI=1S/C17H15NO/c1-12-6-5-11-18-17(12)14-9-3-7-13-8-4-10-15(19-2)16(13)14/h3-11H,1-2H3. The summed E-state index contributed by atoms with van der Waals surface area (Å²) in [5.41, 5.74) is 3.30. The Hall–Kier alpha value is -2.35. The van der Waals surface area contributed by atoms with E-state index in [9.17, 15) is 0 Å². The highest BCUT2D eigenvalue weighted by molar-refractivity contribution is 6.00. The van der Waals surface area contributed by atoms with Crippen LogP contribution in [0.4, 0.5) is 0 Å². The van der Waals surface area contributed by atoms with E-state index in [2.05, 4.69) is 42.2 Å². The molecule has 2 heteroatoms. The van der Waals surface area contributed by atoms with Gasteiger partial charge in [0.25, 0.3) is 0 Å². The monoisotopic (exact) mass is 249 g/mol. The quantitative estimate of drug-likeness (QED) is 0.678. The molecule has 0 fully saturated rings. The van der Waals surface area contributed by atoms with Crippen LogP contribution in [-0.4, -0.2) is 12.1 Å². The molecule has 0 amide bonds. The zero-order chi connectivity index (χ0) is 13.2. The maximum atomic E-state index is 5.50. The van der Waals surface area contributed by atoms with Crippen LogP contribution in [0, 0.1) is 6.92 Å². The molecule has 0 aliphatic rings. The van der Waals surface area contributed by atoms with Gasteiger partial charge in [0.15, 0.2) is 0 Å². The van der Waals surface area contributed by atoms with Crippen molar-refractivity contribution >= 4 is 10.8 Å². The highest BCUT2D eigenvalue weighted by atomic mass is 16.5. The number of nitrogens with zero attached hydrogens (tertiary/aromatic N) is 1. The van der Waals surface area contributed by atoms with Crippen LogP contribution in [0.15, 0.2) is 54.7 Å². The number of fused-ring (bicyclic) bond motifs is 1. The lowest BCUT2D eigenvalue weighted by molar-refractivity contribution is 0.420. The highest BCUT2D eigenvalue weighted by Gasteiger charge is 2.10. The second kappa shape index (κ2) is 4.73. The van der Waals surface area contributed by atoms with Crippen LogP contribution in [0.3, 0.4) is 0 Å². The molecule has 0 bridgehead atoms. The molecule has 2 aromatic carbocycles. The molecule has 0 spiro atoms. The molecule has 3 rings (SSSR count). The van der Waals surface area contributed by atoms with Gasteiger partial charge >= 0.3 is 0 Å². The molecule has 2 nitrogen and oxygen atoms in total. The molecule has 0 saturated carbocycles. The van der Waals surface area contributed by atoms with Gasteiger partial charge < -0.3 is 4.74 Å². The van der Waals surface area contributed by atoms with Crippen LogP contribution >= 0.6 is 0 Å². The van der Waals surface area contributed by atoms with Crippen molar-refractivity contribution in [2.75, 3.05) is 7.11 Å². The molecule has 0 N–H and O–H groups in total. The van der Waals surface area contributed by atoms with Crippen molar-refractivity contribution in [2.24, 2.45) is 0 Å². The lowest BCUT2D eigenvalue weighted by Crippen LogP contribution is -1.91. The number of ether oxygens (including phenoxy) is 1. The number of rotatable bonds is 2. The Morgan fingerprint density at radius 3 is 2.47 bits per heavy atom. The van der Waals surface area contributed by atoms with Gasteiger partial charge in [0.05, 0.1) is 12.8 Å². The second-order valence-electron chi connectivity index (χ2n) is 4.53. The number of hydrogen-bond donors (Lipinski definition) is 0. The first-order chi connectivity index (χ1) is 9.31. The van der Waals surface area contributed by atoms with Crippen molar-refractivity contribution in [1.29, 1.82) is 0 Å². The van der Waals surface area contributed by atoms with Gasteiger partial charge in [0.2, 0.25) is 0 Å². The van der Waals surface area contributed by atoms with E-state index in [0.717, 1.165) is 22.4 Å². The molecular formula is C17H15NO. The molecule has 3 aromatic rings. The van der Waals surface area contributed by atoms with E-state index >= 15 is 0 Å². The summed E-state index contributed by atoms with van der Waals surface area (Å²) in [6.07, 6.45) is 1.83. The predicted octanol–water partition coefficient (Wildman–Crippen LogP) is 4.22. The number of benzene rings is 2. The Morgan fingerprint density at radius 2 is 1.74 bits per heavy atom. The molecule has 1 heterocycles. The Balaban J connectivity index is 2.39. The largest absolute Gasteiger partial charge is 0.496 e. The van der Waals surface area contributed by atoms with E-state index in [1.54, 1.807) is 7.11 Å². The Morgan fingerprint density at radius 1 is 0.947 bits per heavy atom. The number of hydrogen-bond acceptors (Lipinski definition) is 2. The molecule has 0 saturated heterocycles. The molecule has 0 atom stereocenters. The third-order valence-corrected chi connectivity index (χ3v) is 3.35. The zero-order valence-electron chi connectivity index (χ0n) is 11.1. The maximum Gasteiger partial charge on any atom is 0.127 e. The van der Waals surface area contributed by atoms with E-state index < -0.39 is 0 Å². The average molecular weight is 249 g/mol. The molecular weight excluding hydrogens is 234 g/mol. The average Bonchev–Trinajstić information content (AvgIpc) is 2.46. The second-order valence-corrected chi connectivity index (χ2v) is 4.53. The fraction of sp³-hybridized carbons (Fsp3) is 0.118. The summed E-state index contributed by atoms with van der Waals surface area (Å²) in [5.74, 6) is 0.887. The van der Waals surface area contributed by atoms with Crippen molar-refractivity contribution in [3.05, 3.63) is 60.3 Å². The Bertz CT molecular complexity index is 729. The van der Waals surface area contributed by atoms with Crippen LogP contribution in [0.5, 0.6) is 5.75 Å². The first-order valence-corrected chi connectivity index (χ1v) is 6.29. The van der Waals surface area contributed by atoms with Gasteiger partial charge in [-0.3, -0.25) is 4.98 Å². The number of aryl methyl sites for hydroxylation is 1.